The van der Waals surface area contributed by atoms with Gasteiger partial charge in [-0.05, 0) is 18.1 Å². The van der Waals surface area contributed by atoms with E-state index in [1.807, 2.05) is 30.3 Å². The molecule has 0 aliphatic carbocycles. The molecule has 0 aromatic heterocycles. The van der Waals surface area contributed by atoms with Gasteiger partial charge < -0.3 is 9.64 Å². The standard InChI is InChI=1S/C19H25NO3S/c1-3-4-6-11-18-20(16(14-24-18)19(22)23-2)17(21)13-12-15-9-7-5-8-10-15/h5,7-10,12-13,16,18H,3-4,6,11,14H2,1-2H3/b13-12+. The molecule has 0 saturated carbocycles. The predicted octanol–water partition coefficient (Wildman–Crippen LogP) is 3.72. The smallest absolute Gasteiger partial charge is 0.329 e. The molecular weight excluding hydrogens is 322 g/mol. The van der Waals surface area contributed by atoms with Crippen molar-refractivity contribution in [3.05, 3.63) is 42.0 Å². The summed E-state index contributed by atoms with van der Waals surface area (Å²) in [5.41, 5.74) is 0.967. The lowest BCUT2D eigenvalue weighted by Crippen LogP contribution is -2.45. The average molecular weight is 347 g/mol. The Hall–Kier alpha value is -1.75. The van der Waals surface area contributed by atoms with E-state index in [2.05, 4.69) is 6.92 Å². The van der Waals surface area contributed by atoms with E-state index in [-0.39, 0.29) is 17.3 Å². The molecule has 1 aliphatic heterocycles. The summed E-state index contributed by atoms with van der Waals surface area (Å²) in [6.45, 7) is 2.16. The van der Waals surface area contributed by atoms with E-state index in [4.69, 9.17) is 4.74 Å². The first-order chi connectivity index (χ1) is 11.7. The predicted molar refractivity (Wildman–Crippen MR) is 98.5 cm³/mol. The molecule has 0 spiro atoms. The number of unbranched alkanes of at least 4 members (excludes halogenated alkanes) is 2. The van der Waals surface area contributed by atoms with Crippen molar-refractivity contribution in [2.75, 3.05) is 12.9 Å². The molecule has 0 bridgehead atoms. The van der Waals surface area contributed by atoms with Gasteiger partial charge in [-0.25, -0.2) is 4.79 Å². The van der Waals surface area contributed by atoms with E-state index in [0.717, 1.165) is 31.2 Å². The lowest BCUT2D eigenvalue weighted by molar-refractivity contribution is -0.150. The van der Waals surface area contributed by atoms with Crippen LogP contribution in [0.5, 0.6) is 0 Å². The van der Waals surface area contributed by atoms with Crippen LogP contribution in [-0.2, 0) is 14.3 Å². The second-order valence-electron chi connectivity index (χ2n) is 5.81. The number of methoxy groups -OCH3 is 1. The van der Waals surface area contributed by atoms with Crippen molar-refractivity contribution in [1.82, 2.24) is 4.90 Å². The quantitative estimate of drug-likeness (QED) is 0.428. The van der Waals surface area contributed by atoms with Crippen LogP contribution in [0.25, 0.3) is 6.08 Å². The van der Waals surface area contributed by atoms with E-state index in [1.54, 1.807) is 28.8 Å². The number of nitrogens with zero attached hydrogens (tertiary/aromatic N) is 1. The Labute approximate surface area is 148 Å². The summed E-state index contributed by atoms with van der Waals surface area (Å²) in [7, 11) is 1.37. The Morgan fingerprint density at radius 3 is 2.71 bits per heavy atom. The highest BCUT2D eigenvalue weighted by atomic mass is 32.2. The van der Waals surface area contributed by atoms with Crippen molar-refractivity contribution >= 4 is 29.7 Å². The van der Waals surface area contributed by atoms with E-state index < -0.39 is 6.04 Å². The molecule has 1 amide bonds. The summed E-state index contributed by atoms with van der Waals surface area (Å²) >= 11 is 1.67. The van der Waals surface area contributed by atoms with Gasteiger partial charge in [0.1, 0.15) is 6.04 Å². The normalized spacial score (nSPS) is 20.5. The zero-order valence-corrected chi connectivity index (χ0v) is 15.1. The van der Waals surface area contributed by atoms with Crippen LogP contribution in [-0.4, -0.2) is 41.1 Å². The van der Waals surface area contributed by atoms with Gasteiger partial charge in [-0.1, -0.05) is 56.5 Å². The van der Waals surface area contributed by atoms with Gasteiger partial charge in [0.15, 0.2) is 0 Å². The van der Waals surface area contributed by atoms with Gasteiger partial charge in [0.2, 0.25) is 5.91 Å². The molecule has 1 aliphatic rings. The van der Waals surface area contributed by atoms with Crippen LogP contribution in [0.1, 0.15) is 38.2 Å². The molecule has 2 rings (SSSR count). The molecule has 2 atom stereocenters. The lowest BCUT2D eigenvalue weighted by Gasteiger charge is -2.27. The number of carbonyl (C=O) groups excluding carboxylic acids is 2. The SMILES string of the molecule is CCCCCC1SCC(C(=O)OC)N1C(=O)/C=C/c1ccccc1. The molecular formula is C19H25NO3S. The van der Waals surface area contributed by atoms with Crippen molar-refractivity contribution < 1.29 is 14.3 Å². The molecule has 5 heteroatoms. The van der Waals surface area contributed by atoms with Gasteiger partial charge in [0.25, 0.3) is 0 Å². The highest BCUT2D eigenvalue weighted by molar-refractivity contribution is 8.00. The Balaban J connectivity index is 2.10. The molecule has 1 fully saturated rings. The second-order valence-corrected chi connectivity index (χ2v) is 7.02. The first kappa shape index (κ1) is 18.6. The Kier molecular flexibility index (Phi) is 7.37. The minimum Gasteiger partial charge on any atom is -0.467 e. The lowest BCUT2D eigenvalue weighted by atomic mass is 10.1. The van der Waals surface area contributed by atoms with Crippen molar-refractivity contribution in [1.29, 1.82) is 0 Å². The third-order valence-electron chi connectivity index (χ3n) is 4.09. The van der Waals surface area contributed by atoms with Crippen LogP contribution in [0.4, 0.5) is 0 Å². The number of hydrogen-bond donors (Lipinski definition) is 0. The highest BCUT2D eigenvalue weighted by Crippen LogP contribution is 2.33. The molecule has 1 aromatic rings. The minimum atomic E-state index is -0.487. The maximum absolute atomic E-state index is 12.7. The molecule has 2 unspecified atom stereocenters. The Morgan fingerprint density at radius 1 is 1.29 bits per heavy atom. The topological polar surface area (TPSA) is 46.6 Å². The van der Waals surface area contributed by atoms with Gasteiger partial charge >= 0.3 is 5.97 Å². The van der Waals surface area contributed by atoms with Gasteiger partial charge in [-0.3, -0.25) is 4.79 Å². The van der Waals surface area contributed by atoms with Crippen LogP contribution >= 0.6 is 11.8 Å². The fourth-order valence-corrected chi connectivity index (χ4v) is 4.23. The van der Waals surface area contributed by atoms with E-state index in [0.29, 0.717) is 5.75 Å². The number of hydrogen-bond acceptors (Lipinski definition) is 4. The highest BCUT2D eigenvalue weighted by Gasteiger charge is 2.40. The molecule has 24 heavy (non-hydrogen) atoms. The molecule has 1 aromatic carbocycles. The van der Waals surface area contributed by atoms with Gasteiger partial charge in [-0.2, -0.15) is 0 Å². The van der Waals surface area contributed by atoms with E-state index >= 15 is 0 Å². The summed E-state index contributed by atoms with van der Waals surface area (Å²) in [4.78, 5) is 26.4. The van der Waals surface area contributed by atoms with Crippen molar-refractivity contribution in [2.24, 2.45) is 0 Å². The van der Waals surface area contributed by atoms with Crippen LogP contribution in [0, 0.1) is 0 Å². The fourth-order valence-electron chi connectivity index (χ4n) is 2.79. The van der Waals surface area contributed by atoms with Gasteiger partial charge in [-0.15, -0.1) is 11.8 Å². The fraction of sp³-hybridized carbons (Fsp3) is 0.474. The number of benzene rings is 1. The Morgan fingerprint density at radius 2 is 2.04 bits per heavy atom. The average Bonchev–Trinajstić information content (AvgIpc) is 3.04. The summed E-state index contributed by atoms with van der Waals surface area (Å²) in [5, 5.41) is 0.0496. The third kappa shape index (κ3) is 4.87. The van der Waals surface area contributed by atoms with Crippen LogP contribution in [0.15, 0.2) is 36.4 Å². The van der Waals surface area contributed by atoms with Crippen molar-refractivity contribution in [3.63, 3.8) is 0 Å². The number of rotatable bonds is 7. The third-order valence-corrected chi connectivity index (χ3v) is 5.45. The molecule has 0 radical (unpaired) electrons. The number of thioether (sulfide) groups is 1. The zero-order chi connectivity index (χ0) is 17.4. The maximum Gasteiger partial charge on any atom is 0.329 e. The second kappa shape index (κ2) is 9.52. The summed E-state index contributed by atoms with van der Waals surface area (Å²) in [5.74, 6) is 0.150. The summed E-state index contributed by atoms with van der Waals surface area (Å²) in [6, 6.07) is 9.20. The Bertz CT molecular complexity index is 573. The van der Waals surface area contributed by atoms with Crippen molar-refractivity contribution in [3.8, 4) is 0 Å². The zero-order valence-electron chi connectivity index (χ0n) is 14.3. The number of esters is 1. The number of carbonyl (C=O) groups is 2. The molecule has 0 N–H and O–H groups in total. The molecule has 130 valence electrons. The van der Waals surface area contributed by atoms with Crippen LogP contribution < -0.4 is 0 Å². The largest absolute Gasteiger partial charge is 0.467 e. The van der Waals surface area contributed by atoms with E-state index in [9.17, 15) is 9.59 Å². The van der Waals surface area contributed by atoms with Crippen LogP contribution in [0.2, 0.25) is 0 Å². The number of amides is 1. The molecule has 4 nitrogen and oxygen atoms in total. The number of ether oxygens (including phenoxy) is 1. The maximum atomic E-state index is 12.7. The summed E-state index contributed by atoms with van der Waals surface area (Å²) in [6.07, 6.45) is 7.61. The molecule has 1 heterocycles. The first-order valence-electron chi connectivity index (χ1n) is 8.42. The molecule has 1 saturated heterocycles. The van der Waals surface area contributed by atoms with Gasteiger partial charge in [0, 0.05) is 11.8 Å². The first-order valence-corrected chi connectivity index (χ1v) is 9.47. The monoisotopic (exact) mass is 347 g/mol. The van der Waals surface area contributed by atoms with E-state index in [1.165, 1.54) is 7.11 Å². The minimum absolute atomic E-state index is 0.0496. The van der Waals surface area contributed by atoms with Crippen LogP contribution in [0.3, 0.4) is 0 Å². The van der Waals surface area contributed by atoms with Gasteiger partial charge in [0.05, 0.1) is 12.5 Å². The van der Waals surface area contributed by atoms with Crippen molar-refractivity contribution in [2.45, 2.75) is 44.0 Å². The summed E-state index contributed by atoms with van der Waals surface area (Å²) < 4.78 is 4.88.